The van der Waals surface area contributed by atoms with Gasteiger partial charge in [-0.3, -0.25) is 0 Å². The quantitative estimate of drug-likeness (QED) is 0.357. The van der Waals surface area contributed by atoms with Crippen LogP contribution in [0.25, 0.3) is 4.65 Å². The summed E-state index contributed by atoms with van der Waals surface area (Å²) >= 11 is 3.66. The molecule has 0 unspecified atom stereocenters. The molecule has 5 nitrogen and oxygen atoms in total. The molecule has 0 amide bonds. The summed E-state index contributed by atoms with van der Waals surface area (Å²) in [5, 5.41) is 0. The van der Waals surface area contributed by atoms with Crippen LogP contribution in [0.2, 0.25) is 39.3 Å². The monoisotopic (exact) mass is 539 g/mol. The SMILES string of the molecule is C.CN(C)[CH-]N(C)C.CN(C)[CH-]N(C)C.C[Si](C)(C)[N-][Si](C)(C)C.[Cl][Cu+].[Cu+2]. The normalized spacial score (nSPS) is 10.7. The van der Waals surface area contributed by atoms with Crippen molar-refractivity contribution in [2.75, 3.05) is 56.4 Å². The molecule has 0 aliphatic rings. The summed E-state index contributed by atoms with van der Waals surface area (Å²) in [4.78, 5) is 8.00. The zero-order valence-electron chi connectivity index (χ0n) is 19.4. The van der Waals surface area contributed by atoms with Crippen molar-refractivity contribution in [3.8, 4) is 0 Å². The Hall–Kier alpha value is 1.56. The van der Waals surface area contributed by atoms with Crippen LogP contribution < -0.4 is 0 Å². The number of halogens is 1. The standard InChI is InChI=1S/C6H18NSi2.2C5H13N2.CH4.ClH.2Cu/c1-8(2,3)7-9(4,5)6;2*1-6(2)5-7(3)4;;;;/h1-6H3;2*5H,1-4H3;1H4;1H;;/q3*-1;;;2*+2/p-1. The van der Waals surface area contributed by atoms with Crippen LogP contribution in [0.1, 0.15) is 7.43 Å². The van der Waals surface area contributed by atoms with Gasteiger partial charge in [0.15, 0.2) is 0 Å². The molecule has 0 aromatic heterocycles. The molecular weight excluding hydrogens is 493 g/mol. The maximum Gasteiger partial charge on any atom is 2.00 e. The zero-order valence-corrected chi connectivity index (χ0v) is 24.0. The van der Waals surface area contributed by atoms with Crippen molar-refractivity contribution in [3.63, 3.8) is 0 Å². The van der Waals surface area contributed by atoms with Crippen LogP contribution in [0.3, 0.4) is 0 Å². The van der Waals surface area contributed by atoms with E-state index in [1.54, 1.807) is 0 Å². The Kier molecular flexibility index (Phi) is 37.6. The van der Waals surface area contributed by atoms with E-state index in [4.69, 9.17) is 4.65 Å². The van der Waals surface area contributed by atoms with Gasteiger partial charge in [-0.25, -0.2) is 13.3 Å². The van der Waals surface area contributed by atoms with Crippen molar-refractivity contribution >= 4 is 26.6 Å². The molecule has 0 atom stereocenters. The van der Waals surface area contributed by atoms with Crippen LogP contribution in [-0.4, -0.2) is 92.5 Å². The third kappa shape index (κ3) is 74.4. The zero-order chi connectivity index (χ0) is 21.4. The first-order valence-corrected chi connectivity index (χ1v) is 16.4. The number of hydrogen-bond acceptors (Lipinski definition) is 4. The summed E-state index contributed by atoms with van der Waals surface area (Å²) in [7, 11) is 18.0. The molecule has 27 heavy (non-hydrogen) atoms. The molecule has 0 aliphatic carbocycles. The molecule has 0 spiro atoms. The van der Waals surface area contributed by atoms with Crippen LogP contribution in [0.15, 0.2) is 0 Å². The van der Waals surface area contributed by atoms with Gasteiger partial charge >= 0.3 is 42.3 Å². The Balaban J connectivity index is -0.0000000569. The van der Waals surface area contributed by atoms with Gasteiger partial charge in [0.2, 0.25) is 0 Å². The second-order valence-corrected chi connectivity index (χ2v) is 18.1. The van der Waals surface area contributed by atoms with Gasteiger partial charge in [0.05, 0.1) is 0 Å². The minimum absolute atomic E-state index is 0. The van der Waals surface area contributed by atoms with Gasteiger partial charge < -0.3 is 24.2 Å². The van der Waals surface area contributed by atoms with Crippen LogP contribution >= 0.6 is 10.1 Å². The van der Waals surface area contributed by atoms with E-state index in [1.165, 1.54) is 0 Å². The van der Waals surface area contributed by atoms with Crippen molar-refractivity contribution < 1.29 is 32.2 Å². The molecule has 10 heteroatoms. The fourth-order valence-electron chi connectivity index (χ4n) is 1.93. The van der Waals surface area contributed by atoms with Gasteiger partial charge in [-0.2, -0.15) is 0 Å². The van der Waals surface area contributed by atoms with Gasteiger partial charge in [-0.1, -0.05) is 63.2 Å². The van der Waals surface area contributed by atoms with Gasteiger partial charge in [0, 0.05) is 0 Å². The summed E-state index contributed by atoms with van der Waals surface area (Å²) in [5.74, 6) is 0. The van der Waals surface area contributed by atoms with Crippen molar-refractivity contribution in [1.82, 2.24) is 19.6 Å². The van der Waals surface area contributed by atoms with Gasteiger partial charge in [-0.15, -0.1) is 0 Å². The fourth-order valence-corrected chi connectivity index (χ4v) is 9.98. The molecule has 0 rings (SSSR count). The fraction of sp³-hybridized carbons (Fsp3) is 0.882. The average molecular weight is 541 g/mol. The van der Waals surface area contributed by atoms with Crippen LogP contribution in [-0.2, 0) is 32.2 Å². The minimum atomic E-state index is -1.11. The molecule has 0 N–H and O–H groups in total. The molecule has 0 fully saturated rings. The maximum atomic E-state index is 4.82. The van der Waals surface area contributed by atoms with E-state index in [-0.39, 0.29) is 24.5 Å². The van der Waals surface area contributed by atoms with E-state index in [2.05, 4.69) is 64.5 Å². The van der Waals surface area contributed by atoms with E-state index in [0.29, 0.717) is 0 Å². The van der Waals surface area contributed by atoms with Crippen molar-refractivity contribution in [2.45, 2.75) is 46.7 Å². The molecule has 0 saturated heterocycles. The summed E-state index contributed by atoms with van der Waals surface area (Å²) in [5.41, 5.74) is 0. The maximum absolute atomic E-state index is 4.82. The smallest absolute Gasteiger partial charge is 2.00 e. The van der Waals surface area contributed by atoms with Crippen LogP contribution in [0, 0.1) is 13.3 Å². The topological polar surface area (TPSA) is 27.1 Å². The molecule has 0 aromatic carbocycles. The first-order chi connectivity index (χ1) is 11.0. The van der Waals surface area contributed by atoms with Crippen LogP contribution in [0.4, 0.5) is 0 Å². The van der Waals surface area contributed by atoms with Gasteiger partial charge in [0.25, 0.3) is 0 Å². The Bertz CT molecular complexity index is 235. The van der Waals surface area contributed by atoms with Gasteiger partial charge in [-0.05, 0) is 56.4 Å². The average Bonchev–Trinajstić information content (AvgIpc) is 2.23. The van der Waals surface area contributed by atoms with Gasteiger partial charge in [0.1, 0.15) is 0 Å². The minimum Gasteiger partial charge on any atom is 2.00 e. The second kappa shape index (κ2) is 23.8. The summed E-state index contributed by atoms with van der Waals surface area (Å²) in [6.45, 7) is 17.8. The first kappa shape index (κ1) is 42.6. The first-order valence-electron chi connectivity index (χ1n) is 8.17. The summed E-state index contributed by atoms with van der Waals surface area (Å²) < 4.78 is 4.82. The second-order valence-electron chi connectivity index (χ2n) is 8.54. The molecule has 1 radical (unpaired) electrons. The Morgan fingerprint density at radius 1 is 0.593 bits per heavy atom. The molecule has 0 heterocycles. The van der Waals surface area contributed by atoms with Crippen molar-refractivity contribution in [3.05, 3.63) is 18.0 Å². The van der Waals surface area contributed by atoms with Crippen molar-refractivity contribution in [1.29, 1.82) is 0 Å². The van der Waals surface area contributed by atoms with E-state index in [9.17, 15) is 0 Å². The summed E-state index contributed by atoms with van der Waals surface area (Å²) in [6, 6.07) is 0. The molecule has 0 bridgehead atoms. The predicted molar refractivity (Wildman–Crippen MR) is 126 cm³/mol. The Labute approximate surface area is 198 Å². The Morgan fingerprint density at radius 3 is 0.741 bits per heavy atom. The predicted octanol–water partition coefficient (Wildman–Crippen LogP) is 4.81. The molecule has 178 valence electrons. The molecular formula is C17H48ClCu2N5Si2. The molecule has 0 aromatic rings. The van der Waals surface area contributed by atoms with E-state index in [0.717, 1.165) is 0 Å². The molecule has 0 aliphatic heterocycles. The van der Waals surface area contributed by atoms with E-state index < -0.39 is 16.5 Å². The third-order valence-electron chi connectivity index (χ3n) is 1.59. The third-order valence-corrected chi connectivity index (χ3v) is 6.96. The number of nitrogens with zero attached hydrogens (tertiary/aromatic N) is 5. The van der Waals surface area contributed by atoms with Crippen molar-refractivity contribution in [2.24, 2.45) is 0 Å². The van der Waals surface area contributed by atoms with E-state index in [1.807, 2.05) is 89.3 Å². The molecule has 0 saturated carbocycles. The van der Waals surface area contributed by atoms with E-state index >= 15 is 0 Å². The number of hydrogen-bond donors (Lipinski definition) is 0. The van der Waals surface area contributed by atoms with Crippen LogP contribution in [0.5, 0.6) is 0 Å². The number of rotatable bonds is 6. The summed E-state index contributed by atoms with van der Waals surface area (Å²) in [6.07, 6.45) is 0. The Morgan fingerprint density at radius 2 is 0.741 bits per heavy atom. The largest absolute Gasteiger partial charge is 2.00 e.